The van der Waals surface area contributed by atoms with Crippen LogP contribution in [0.25, 0.3) is 0 Å². The molecule has 1 aliphatic heterocycles. The normalized spacial score (nSPS) is 14.6. The highest BCUT2D eigenvalue weighted by Crippen LogP contribution is 2.17. The van der Waals surface area contributed by atoms with Gasteiger partial charge >= 0.3 is 0 Å². The molecule has 2 heterocycles. The van der Waals surface area contributed by atoms with Crippen molar-refractivity contribution in [3.8, 4) is 0 Å². The number of amides is 1. The second kappa shape index (κ2) is 5.92. The first-order valence-electron chi connectivity index (χ1n) is 5.06. The number of hydrogen-bond donors (Lipinski definition) is 0. The van der Waals surface area contributed by atoms with Gasteiger partial charge in [-0.1, -0.05) is 18.2 Å². The highest BCUT2D eigenvalue weighted by molar-refractivity contribution is 8.02. The third-order valence-corrected chi connectivity index (χ3v) is 4.02. The Morgan fingerprint density at radius 3 is 3.00 bits per heavy atom. The molecule has 0 unspecified atom stereocenters. The van der Waals surface area contributed by atoms with E-state index in [-0.39, 0.29) is 0 Å². The van der Waals surface area contributed by atoms with E-state index in [9.17, 15) is 4.79 Å². The second-order valence-corrected chi connectivity index (χ2v) is 5.48. The van der Waals surface area contributed by atoms with Crippen LogP contribution >= 0.6 is 23.1 Å². The van der Waals surface area contributed by atoms with E-state index in [1.807, 2.05) is 22.4 Å². The third kappa shape index (κ3) is 3.25. The predicted molar refractivity (Wildman–Crippen MR) is 70.5 cm³/mol. The van der Waals surface area contributed by atoms with E-state index >= 15 is 0 Å². The van der Waals surface area contributed by atoms with Gasteiger partial charge in [-0.2, -0.15) is 0 Å². The lowest BCUT2D eigenvalue weighted by Gasteiger charge is -2.19. The fourth-order valence-electron chi connectivity index (χ4n) is 1.53. The molecular formula is C12H13NOS2. The minimum Gasteiger partial charge on any atom is -0.336 e. The molecule has 1 aromatic heterocycles. The summed E-state index contributed by atoms with van der Waals surface area (Å²) in [6.07, 6.45) is 5.07. The predicted octanol–water partition coefficient (Wildman–Crippen LogP) is 2.89. The standard InChI is InChI=1S/C12H13NOS2/c14-10-13(8-12-4-2-6-16-12)7-11-3-1-5-15-9-11/h1-6,10H,7-9H2. The first-order chi connectivity index (χ1) is 7.88. The van der Waals surface area contributed by atoms with Crippen LogP contribution in [0.1, 0.15) is 4.88 Å². The van der Waals surface area contributed by atoms with Crippen molar-refractivity contribution in [2.45, 2.75) is 6.54 Å². The molecule has 1 amide bonds. The molecule has 2 rings (SSSR count). The Morgan fingerprint density at radius 2 is 2.38 bits per heavy atom. The van der Waals surface area contributed by atoms with Gasteiger partial charge in [0.15, 0.2) is 0 Å². The van der Waals surface area contributed by atoms with Crippen LogP contribution in [0.4, 0.5) is 0 Å². The van der Waals surface area contributed by atoms with Crippen molar-refractivity contribution in [2.24, 2.45) is 0 Å². The van der Waals surface area contributed by atoms with Gasteiger partial charge in [0.05, 0.1) is 6.54 Å². The van der Waals surface area contributed by atoms with Crippen LogP contribution in [0.3, 0.4) is 0 Å². The van der Waals surface area contributed by atoms with Crippen LogP contribution in [-0.4, -0.2) is 23.6 Å². The molecule has 0 aliphatic carbocycles. The number of allylic oxidation sites excluding steroid dienone is 2. The Balaban J connectivity index is 1.92. The second-order valence-electron chi connectivity index (χ2n) is 3.55. The fourth-order valence-corrected chi connectivity index (χ4v) is 2.94. The molecule has 0 spiro atoms. The molecule has 0 radical (unpaired) electrons. The zero-order valence-electron chi connectivity index (χ0n) is 8.83. The maximum atomic E-state index is 11.0. The van der Waals surface area contributed by atoms with Gasteiger partial charge in [0, 0.05) is 17.2 Å². The summed E-state index contributed by atoms with van der Waals surface area (Å²) < 4.78 is 0. The summed E-state index contributed by atoms with van der Waals surface area (Å²) in [6, 6.07) is 4.08. The molecule has 0 fully saturated rings. The van der Waals surface area contributed by atoms with E-state index < -0.39 is 0 Å². The molecule has 2 nitrogen and oxygen atoms in total. The monoisotopic (exact) mass is 251 g/mol. The molecule has 4 heteroatoms. The summed E-state index contributed by atoms with van der Waals surface area (Å²) >= 11 is 3.46. The zero-order chi connectivity index (χ0) is 11.2. The largest absolute Gasteiger partial charge is 0.336 e. The van der Waals surface area contributed by atoms with Crippen LogP contribution < -0.4 is 0 Å². The SMILES string of the molecule is O=CN(CC1=CC=CSC1)Cc1cccs1. The minimum absolute atomic E-state index is 0.715. The topological polar surface area (TPSA) is 20.3 Å². The van der Waals surface area contributed by atoms with Gasteiger partial charge in [0.25, 0.3) is 0 Å². The summed E-state index contributed by atoms with van der Waals surface area (Å²) in [5.74, 6) is 0.991. The van der Waals surface area contributed by atoms with E-state index in [4.69, 9.17) is 0 Å². The van der Waals surface area contributed by atoms with Crippen LogP contribution in [0.15, 0.2) is 40.6 Å². The van der Waals surface area contributed by atoms with Crippen molar-refractivity contribution in [2.75, 3.05) is 12.3 Å². The van der Waals surface area contributed by atoms with E-state index in [2.05, 4.69) is 17.6 Å². The number of hydrogen-bond acceptors (Lipinski definition) is 3. The number of carbonyl (C=O) groups is 1. The van der Waals surface area contributed by atoms with Gasteiger partial charge in [-0.15, -0.1) is 23.1 Å². The fraction of sp³-hybridized carbons (Fsp3) is 0.250. The minimum atomic E-state index is 0.715. The van der Waals surface area contributed by atoms with E-state index in [1.54, 1.807) is 23.1 Å². The van der Waals surface area contributed by atoms with Gasteiger partial charge in [-0.3, -0.25) is 4.79 Å². The Morgan fingerprint density at radius 1 is 1.44 bits per heavy atom. The molecule has 1 aromatic rings. The van der Waals surface area contributed by atoms with E-state index in [0.717, 1.165) is 18.7 Å². The van der Waals surface area contributed by atoms with Crippen molar-refractivity contribution in [1.82, 2.24) is 4.90 Å². The number of thioether (sulfide) groups is 1. The van der Waals surface area contributed by atoms with Crippen molar-refractivity contribution in [3.63, 3.8) is 0 Å². The zero-order valence-corrected chi connectivity index (χ0v) is 10.5. The van der Waals surface area contributed by atoms with Gasteiger partial charge in [-0.25, -0.2) is 0 Å². The smallest absolute Gasteiger partial charge is 0.210 e. The Bertz CT molecular complexity index is 395. The molecule has 0 saturated heterocycles. The Labute approximate surface area is 104 Å². The van der Waals surface area contributed by atoms with Crippen molar-refractivity contribution in [1.29, 1.82) is 0 Å². The van der Waals surface area contributed by atoms with Crippen LogP contribution in [0.2, 0.25) is 0 Å². The average molecular weight is 251 g/mol. The molecule has 0 atom stereocenters. The number of thiophene rings is 1. The van der Waals surface area contributed by atoms with E-state index in [1.165, 1.54) is 10.5 Å². The highest BCUT2D eigenvalue weighted by Gasteiger charge is 2.08. The molecule has 0 bridgehead atoms. The summed E-state index contributed by atoms with van der Waals surface area (Å²) in [5.41, 5.74) is 1.30. The first kappa shape index (κ1) is 11.5. The molecule has 0 saturated carbocycles. The summed E-state index contributed by atoms with van der Waals surface area (Å²) in [7, 11) is 0. The van der Waals surface area contributed by atoms with Gasteiger partial charge in [-0.05, 0) is 22.4 Å². The lowest BCUT2D eigenvalue weighted by atomic mass is 10.2. The molecule has 0 N–H and O–H groups in total. The lowest BCUT2D eigenvalue weighted by Crippen LogP contribution is -2.24. The number of nitrogens with zero attached hydrogens (tertiary/aromatic N) is 1. The molecule has 0 aromatic carbocycles. The Hall–Kier alpha value is -1.00. The van der Waals surface area contributed by atoms with Gasteiger partial charge < -0.3 is 4.90 Å². The maximum Gasteiger partial charge on any atom is 0.210 e. The van der Waals surface area contributed by atoms with Crippen LogP contribution in [0, 0.1) is 0 Å². The quantitative estimate of drug-likeness (QED) is 0.750. The molecular weight excluding hydrogens is 238 g/mol. The summed E-state index contributed by atoms with van der Waals surface area (Å²) in [5, 5.41) is 4.12. The Kier molecular flexibility index (Phi) is 4.25. The van der Waals surface area contributed by atoms with Crippen LogP contribution in [-0.2, 0) is 11.3 Å². The van der Waals surface area contributed by atoms with Gasteiger partial charge in [0.2, 0.25) is 6.41 Å². The average Bonchev–Trinajstić information content (AvgIpc) is 2.82. The van der Waals surface area contributed by atoms with Crippen molar-refractivity contribution in [3.05, 3.63) is 45.5 Å². The molecule has 16 heavy (non-hydrogen) atoms. The maximum absolute atomic E-state index is 11.0. The number of carbonyl (C=O) groups excluding carboxylic acids is 1. The molecule has 84 valence electrons. The number of rotatable bonds is 5. The van der Waals surface area contributed by atoms with Crippen LogP contribution in [0.5, 0.6) is 0 Å². The molecule has 1 aliphatic rings. The summed E-state index contributed by atoms with van der Waals surface area (Å²) in [4.78, 5) is 14.0. The lowest BCUT2D eigenvalue weighted by molar-refractivity contribution is -0.118. The van der Waals surface area contributed by atoms with Gasteiger partial charge in [0.1, 0.15) is 0 Å². The van der Waals surface area contributed by atoms with Crippen molar-refractivity contribution < 1.29 is 4.79 Å². The third-order valence-electron chi connectivity index (χ3n) is 2.27. The first-order valence-corrected chi connectivity index (χ1v) is 6.99. The summed E-state index contributed by atoms with van der Waals surface area (Å²) in [6.45, 7) is 1.45. The van der Waals surface area contributed by atoms with E-state index in [0.29, 0.717) is 6.54 Å². The highest BCUT2D eigenvalue weighted by atomic mass is 32.2. The van der Waals surface area contributed by atoms with Crippen molar-refractivity contribution >= 4 is 29.5 Å².